The topological polar surface area (TPSA) is 95.7 Å². The van der Waals surface area contributed by atoms with Crippen LogP contribution in [0, 0.1) is 5.82 Å². The van der Waals surface area contributed by atoms with Gasteiger partial charge in [0.05, 0.1) is 29.6 Å². The molecule has 30 heavy (non-hydrogen) atoms. The van der Waals surface area contributed by atoms with Gasteiger partial charge in [0, 0.05) is 18.2 Å². The summed E-state index contributed by atoms with van der Waals surface area (Å²) in [4.78, 5) is 38.8. The number of hydrogen-bond donors (Lipinski definition) is 1. The molecule has 3 aromatic rings. The van der Waals surface area contributed by atoms with Crippen LogP contribution in [0.3, 0.4) is 0 Å². The molecule has 1 N–H and O–H groups in total. The lowest BCUT2D eigenvalue weighted by Gasteiger charge is -2.20. The molecule has 0 saturated heterocycles. The van der Waals surface area contributed by atoms with Gasteiger partial charge in [-0.05, 0) is 25.1 Å². The van der Waals surface area contributed by atoms with Crippen LogP contribution >= 0.6 is 0 Å². The molecule has 0 spiro atoms. The molecule has 0 atom stereocenters. The van der Waals surface area contributed by atoms with Crippen LogP contribution in [-0.4, -0.2) is 39.3 Å². The molecule has 0 saturated carbocycles. The Hall–Kier alpha value is -4.01. The third kappa shape index (κ3) is 3.00. The lowest BCUT2D eigenvalue weighted by Crippen LogP contribution is -2.32. The molecule has 1 aliphatic rings. The van der Waals surface area contributed by atoms with Crippen molar-refractivity contribution in [2.45, 2.75) is 13.5 Å². The minimum Gasteiger partial charge on any atom is -0.465 e. The van der Waals surface area contributed by atoms with E-state index in [1.165, 1.54) is 29.1 Å². The molecular weight excluding hydrogens is 391 g/mol. The van der Waals surface area contributed by atoms with Gasteiger partial charge in [-0.1, -0.05) is 24.3 Å². The number of halogens is 1. The second-order valence-electron chi connectivity index (χ2n) is 6.62. The predicted octanol–water partition coefficient (Wildman–Crippen LogP) is 3.38. The zero-order valence-corrected chi connectivity index (χ0v) is 15.9. The summed E-state index contributed by atoms with van der Waals surface area (Å²) in [5.74, 6) is -1.45. The Balaban J connectivity index is 1.69. The standard InChI is InChI=1S/C21H17FN4O4/c1-2-24(21(29)30)16-9-5-6-13(18(16)22)12-25-17(10-11-23-25)26-19(27)14-7-3-4-8-15(14)20(26)28/h3-11H,2,12H2,1H3,(H,29,30). The molecule has 2 heterocycles. The van der Waals surface area contributed by atoms with Gasteiger partial charge in [-0.3, -0.25) is 14.5 Å². The average molecular weight is 408 g/mol. The van der Waals surface area contributed by atoms with E-state index in [2.05, 4.69) is 5.10 Å². The van der Waals surface area contributed by atoms with Crippen molar-refractivity contribution in [2.24, 2.45) is 0 Å². The highest BCUT2D eigenvalue weighted by atomic mass is 19.1. The van der Waals surface area contributed by atoms with Gasteiger partial charge in [0.25, 0.3) is 11.8 Å². The van der Waals surface area contributed by atoms with Gasteiger partial charge in [-0.2, -0.15) is 5.10 Å². The zero-order valence-electron chi connectivity index (χ0n) is 15.9. The first-order valence-electron chi connectivity index (χ1n) is 9.21. The Morgan fingerprint density at radius 2 is 1.73 bits per heavy atom. The van der Waals surface area contributed by atoms with E-state index in [-0.39, 0.29) is 30.2 Å². The van der Waals surface area contributed by atoms with Crippen LogP contribution in [-0.2, 0) is 6.54 Å². The molecule has 4 rings (SSSR count). The molecule has 8 nitrogen and oxygen atoms in total. The van der Waals surface area contributed by atoms with Crippen molar-refractivity contribution in [3.63, 3.8) is 0 Å². The number of carboxylic acid groups (broad SMARTS) is 1. The summed E-state index contributed by atoms with van der Waals surface area (Å²) in [5, 5.41) is 13.4. The summed E-state index contributed by atoms with van der Waals surface area (Å²) >= 11 is 0. The Morgan fingerprint density at radius 3 is 2.33 bits per heavy atom. The number of fused-ring (bicyclic) bond motifs is 1. The van der Waals surface area contributed by atoms with Crippen LogP contribution in [0.15, 0.2) is 54.7 Å². The van der Waals surface area contributed by atoms with Crippen molar-refractivity contribution in [3.05, 3.63) is 77.2 Å². The maximum atomic E-state index is 15.0. The highest BCUT2D eigenvalue weighted by molar-refractivity contribution is 6.34. The summed E-state index contributed by atoms with van der Waals surface area (Å²) in [6.07, 6.45) is 0.148. The van der Waals surface area contributed by atoms with E-state index in [9.17, 15) is 19.5 Å². The summed E-state index contributed by atoms with van der Waals surface area (Å²) in [6, 6.07) is 12.4. The van der Waals surface area contributed by atoms with Gasteiger partial charge in [-0.15, -0.1) is 0 Å². The van der Waals surface area contributed by atoms with Gasteiger partial charge >= 0.3 is 6.09 Å². The van der Waals surface area contributed by atoms with Crippen molar-refractivity contribution >= 4 is 29.4 Å². The number of amides is 3. The molecule has 9 heteroatoms. The summed E-state index contributed by atoms with van der Waals surface area (Å²) < 4.78 is 16.4. The predicted molar refractivity (Wildman–Crippen MR) is 106 cm³/mol. The molecule has 0 unspecified atom stereocenters. The first kappa shape index (κ1) is 19.3. The second kappa shape index (κ2) is 7.43. The quantitative estimate of drug-likeness (QED) is 0.653. The van der Waals surface area contributed by atoms with Crippen LogP contribution in [0.4, 0.5) is 20.7 Å². The highest BCUT2D eigenvalue weighted by Crippen LogP contribution is 2.29. The number of imide groups is 1. The Bertz CT molecular complexity index is 1140. The minimum atomic E-state index is -1.26. The SMILES string of the molecule is CCN(C(=O)O)c1cccc(Cn2nccc2N2C(=O)c3ccccc3C2=O)c1F. The third-order valence-electron chi connectivity index (χ3n) is 4.93. The molecule has 0 radical (unpaired) electrons. The van der Waals surface area contributed by atoms with E-state index < -0.39 is 23.7 Å². The van der Waals surface area contributed by atoms with E-state index in [4.69, 9.17) is 0 Å². The van der Waals surface area contributed by atoms with Crippen molar-refractivity contribution in [1.82, 2.24) is 9.78 Å². The normalized spacial score (nSPS) is 12.9. The fourth-order valence-corrected chi connectivity index (χ4v) is 3.50. The van der Waals surface area contributed by atoms with Crippen LogP contribution in [0.5, 0.6) is 0 Å². The fourth-order valence-electron chi connectivity index (χ4n) is 3.50. The Kier molecular flexibility index (Phi) is 4.78. The smallest absolute Gasteiger partial charge is 0.411 e. The Labute approximate surface area is 170 Å². The number of benzene rings is 2. The summed E-state index contributed by atoms with van der Waals surface area (Å²) in [7, 11) is 0. The maximum absolute atomic E-state index is 15.0. The molecular formula is C21H17FN4O4. The number of nitrogens with zero attached hydrogens (tertiary/aromatic N) is 4. The maximum Gasteiger partial charge on any atom is 0.411 e. The highest BCUT2D eigenvalue weighted by Gasteiger charge is 2.38. The van der Waals surface area contributed by atoms with Crippen molar-refractivity contribution < 1.29 is 23.9 Å². The van der Waals surface area contributed by atoms with Crippen molar-refractivity contribution in [3.8, 4) is 0 Å². The molecule has 152 valence electrons. The average Bonchev–Trinajstić information content (AvgIpc) is 3.27. The molecule has 1 aliphatic heterocycles. The number of aromatic nitrogens is 2. The van der Waals surface area contributed by atoms with Gasteiger partial charge in [0.2, 0.25) is 0 Å². The van der Waals surface area contributed by atoms with Crippen LogP contribution in [0.2, 0.25) is 0 Å². The van der Waals surface area contributed by atoms with Gasteiger partial charge < -0.3 is 5.11 Å². The molecule has 1 aromatic heterocycles. The first-order valence-corrected chi connectivity index (χ1v) is 9.21. The number of anilines is 2. The van der Waals surface area contributed by atoms with Gasteiger partial charge in [-0.25, -0.2) is 18.8 Å². The van der Waals surface area contributed by atoms with Gasteiger partial charge in [0.1, 0.15) is 5.82 Å². The molecule has 0 bridgehead atoms. The van der Waals surface area contributed by atoms with Crippen LogP contribution in [0.1, 0.15) is 33.2 Å². The second-order valence-corrected chi connectivity index (χ2v) is 6.62. The molecule has 0 fully saturated rings. The number of carbonyl (C=O) groups is 3. The fraction of sp³-hybridized carbons (Fsp3) is 0.143. The van der Waals surface area contributed by atoms with E-state index in [0.717, 1.165) is 9.80 Å². The Morgan fingerprint density at radius 1 is 1.07 bits per heavy atom. The lowest BCUT2D eigenvalue weighted by molar-refractivity contribution is 0.0923. The lowest BCUT2D eigenvalue weighted by atomic mass is 10.1. The van der Waals surface area contributed by atoms with Crippen molar-refractivity contribution in [1.29, 1.82) is 0 Å². The summed E-state index contributed by atoms with van der Waals surface area (Å²) in [5.41, 5.74) is 0.692. The van der Waals surface area contributed by atoms with Gasteiger partial charge in [0.15, 0.2) is 5.82 Å². The molecule has 0 aliphatic carbocycles. The zero-order chi connectivity index (χ0) is 21.4. The molecule has 3 amide bonds. The van der Waals surface area contributed by atoms with E-state index >= 15 is 4.39 Å². The monoisotopic (exact) mass is 408 g/mol. The van der Waals surface area contributed by atoms with E-state index in [1.807, 2.05) is 0 Å². The van der Waals surface area contributed by atoms with Crippen molar-refractivity contribution in [2.75, 3.05) is 16.3 Å². The molecule has 2 aromatic carbocycles. The first-order chi connectivity index (χ1) is 14.4. The van der Waals surface area contributed by atoms with E-state index in [1.54, 1.807) is 37.3 Å². The van der Waals surface area contributed by atoms with E-state index in [0.29, 0.717) is 11.1 Å². The minimum absolute atomic E-state index is 0.0723. The van der Waals surface area contributed by atoms with Crippen LogP contribution < -0.4 is 9.80 Å². The third-order valence-corrected chi connectivity index (χ3v) is 4.93. The largest absolute Gasteiger partial charge is 0.465 e. The van der Waals surface area contributed by atoms with Crippen LogP contribution in [0.25, 0.3) is 0 Å². The summed E-state index contributed by atoms with van der Waals surface area (Å²) in [6.45, 7) is 1.60. The number of hydrogen-bond acceptors (Lipinski definition) is 4. The number of carbonyl (C=O) groups excluding carboxylic acids is 2. The number of rotatable bonds is 5.